The van der Waals surface area contributed by atoms with Crippen molar-refractivity contribution in [2.24, 2.45) is 0 Å². The Morgan fingerprint density at radius 1 is 1.11 bits per heavy atom. The summed E-state index contributed by atoms with van der Waals surface area (Å²) in [5, 5.41) is 0. The van der Waals surface area contributed by atoms with E-state index in [2.05, 4.69) is 4.74 Å². The normalized spacial score (nSPS) is 16.8. The van der Waals surface area contributed by atoms with E-state index in [1.54, 1.807) is 4.90 Å². The van der Waals surface area contributed by atoms with Gasteiger partial charge in [0.1, 0.15) is 5.75 Å². The highest BCUT2D eigenvalue weighted by atomic mass is 19.4. The van der Waals surface area contributed by atoms with Crippen LogP contribution in [-0.4, -0.2) is 18.8 Å². The van der Waals surface area contributed by atoms with Crippen LogP contribution in [0.3, 0.4) is 0 Å². The second kappa shape index (κ2) is 4.88. The van der Waals surface area contributed by atoms with E-state index in [-0.39, 0.29) is 11.7 Å². The Morgan fingerprint density at radius 3 is 2.33 bits per heavy atom. The summed E-state index contributed by atoms with van der Waals surface area (Å²) in [4.78, 5) is 13.2. The number of anilines is 1. The topological polar surface area (TPSA) is 29.5 Å². The molecule has 1 saturated heterocycles. The zero-order chi connectivity index (χ0) is 13.2. The number of carbonyl (C=O) groups excluding carboxylic acids is 1. The standard InChI is InChI=1S/C12H12F3NO2/c13-12(14,15)18-10-6-4-9(5-7-10)16-8-2-1-3-11(16)17/h4-7H,1-3,8H2. The second-order valence-corrected chi connectivity index (χ2v) is 4.04. The van der Waals surface area contributed by atoms with Crippen molar-refractivity contribution in [3.8, 4) is 5.75 Å². The van der Waals surface area contributed by atoms with E-state index in [9.17, 15) is 18.0 Å². The number of carbonyl (C=O) groups is 1. The van der Waals surface area contributed by atoms with Gasteiger partial charge >= 0.3 is 6.36 Å². The van der Waals surface area contributed by atoms with Crippen molar-refractivity contribution in [2.75, 3.05) is 11.4 Å². The molecule has 1 aliphatic rings. The Hall–Kier alpha value is -1.72. The van der Waals surface area contributed by atoms with Crippen LogP contribution in [0, 0.1) is 0 Å². The molecule has 18 heavy (non-hydrogen) atoms. The zero-order valence-corrected chi connectivity index (χ0v) is 9.54. The minimum atomic E-state index is -4.69. The van der Waals surface area contributed by atoms with Crippen molar-refractivity contribution in [2.45, 2.75) is 25.6 Å². The van der Waals surface area contributed by atoms with Crippen molar-refractivity contribution in [3.05, 3.63) is 24.3 Å². The fraction of sp³-hybridized carbons (Fsp3) is 0.417. The van der Waals surface area contributed by atoms with Gasteiger partial charge in [-0.2, -0.15) is 0 Å². The Balaban J connectivity index is 2.09. The lowest BCUT2D eigenvalue weighted by molar-refractivity contribution is -0.274. The maximum atomic E-state index is 12.0. The summed E-state index contributed by atoms with van der Waals surface area (Å²) >= 11 is 0. The van der Waals surface area contributed by atoms with Gasteiger partial charge in [0.25, 0.3) is 0 Å². The van der Waals surface area contributed by atoms with Gasteiger partial charge in [-0.3, -0.25) is 4.79 Å². The van der Waals surface area contributed by atoms with Crippen molar-refractivity contribution in [3.63, 3.8) is 0 Å². The smallest absolute Gasteiger partial charge is 0.406 e. The lowest BCUT2D eigenvalue weighted by Gasteiger charge is -2.26. The molecule has 1 amide bonds. The molecule has 0 unspecified atom stereocenters. The Morgan fingerprint density at radius 2 is 1.78 bits per heavy atom. The summed E-state index contributed by atoms with van der Waals surface area (Å²) in [5.74, 6) is -0.276. The number of amides is 1. The Bertz CT molecular complexity index is 428. The summed E-state index contributed by atoms with van der Waals surface area (Å²) in [7, 11) is 0. The highest BCUT2D eigenvalue weighted by Gasteiger charge is 2.31. The number of benzene rings is 1. The largest absolute Gasteiger partial charge is 0.573 e. The maximum absolute atomic E-state index is 12.0. The third-order valence-electron chi connectivity index (χ3n) is 2.71. The van der Waals surface area contributed by atoms with Gasteiger partial charge in [0.15, 0.2) is 0 Å². The van der Waals surface area contributed by atoms with Gasteiger partial charge in [0.2, 0.25) is 5.91 Å². The number of ether oxygens (including phenoxy) is 1. The summed E-state index contributed by atoms with van der Waals surface area (Å²) in [6.07, 6.45) is -2.43. The van der Waals surface area contributed by atoms with Crippen molar-refractivity contribution >= 4 is 11.6 Å². The predicted octanol–water partition coefficient (Wildman–Crippen LogP) is 3.10. The molecule has 2 rings (SSSR count). The highest BCUT2D eigenvalue weighted by molar-refractivity contribution is 5.93. The molecule has 1 aliphatic heterocycles. The van der Waals surface area contributed by atoms with E-state index in [1.165, 1.54) is 24.3 Å². The van der Waals surface area contributed by atoms with Gasteiger partial charge in [-0.15, -0.1) is 13.2 Å². The Kier molecular flexibility index (Phi) is 3.45. The highest BCUT2D eigenvalue weighted by Crippen LogP contribution is 2.26. The van der Waals surface area contributed by atoms with Gasteiger partial charge in [-0.1, -0.05) is 0 Å². The number of nitrogens with zero attached hydrogens (tertiary/aromatic N) is 1. The minimum Gasteiger partial charge on any atom is -0.406 e. The molecule has 0 spiro atoms. The molecule has 0 N–H and O–H groups in total. The van der Waals surface area contributed by atoms with Gasteiger partial charge in [0, 0.05) is 18.7 Å². The van der Waals surface area contributed by atoms with Crippen LogP contribution in [0.5, 0.6) is 5.75 Å². The predicted molar refractivity (Wildman–Crippen MR) is 59.3 cm³/mol. The van der Waals surface area contributed by atoms with Crippen LogP contribution >= 0.6 is 0 Å². The average molecular weight is 259 g/mol. The van der Waals surface area contributed by atoms with E-state index >= 15 is 0 Å². The molecule has 0 bridgehead atoms. The second-order valence-electron chi connectivity index (χ2n) is 4.04. The van der Waals surface area contributed by atoms with E-state index in [0.717, 1.165) is 12.8 Å². The third kappa shape index (κ3) is 3.15. The first-order chi connectivity index (χ1) is 8.46. The first kappa shape index (κ1) is 12.7. The molecule has 3 nitrogen and oxygen atoms in total. The number of halogens is 3. The van der Waals surface area contributed by atoms with Crippen LogP contribution in [0.25, 0.3) is 0 Å². The van der Waals surface area contributed by atoms with Crippen molar-refractivity contribution in [1.82, 2.24) is 0 Å². The van der Waals surface area contributed by atoms with Crippen LogP contribution in [0.15, 0.2) is 24.3 Å². The fourth-order valence-corrected chi connectivity index (χ4v) is 1.91. The number of alkyl halides is 3. The molecular formula is C12H12F3NO2. The average Bonchev–Trinajstić information content (AvgIpc) is 2.29. The van der Waals surface area contributed by atoms with E-state index in [4.69, 9.17) is 0 Å². The number of hydrogen-bond acceptors (Lipinski definition) is 2. The van der Waals surface area contributed by atoms with E-state index < -0.39 is 6.36 Å². The van der Waals surface area contributed by atoms with E-state index in [1.807, 2.05) is 0 Å². The molecule has 1 aromatic carbocycles. The van der Waals surface area contributed by atoms with Gasteiger partial charge in [-0.05, 0) is 37.1 Å². The van der Waals surface area contributed by atoms with Crippen LogP contribution in [0.1, 0.15) is 19.3 Å². The fourth-order valence-electron chi connectivity index (χ4n) is 1.91. The summed E-state index contributed by atoms with van der Waals surface area (Å²) in [6.45, 7) is 0.609. The monoisotopic (exact) mass is 259 g/mol. The molecule has 6 heteroatoms. The van der Waals surface area contributed by atoms with Gasteiger partial charge < -0.3 is 9.64 Å². The zero-order valence-electron chi connectivity index (χ0n) is 9.54. The Labute approximate surface area is 102 Å². The molecule has 0 aromatic heterocycles. The van der Waals surface area contributed by atoms with Gasteiger partial charge in [0.05, 0.1) is 0 Å². The molecule has 0 aliphatic carbocycles. The molecular weight excluding hydrogens is 247 g/mol. The van der Waals surface area contributed by atoms with Crippen LogP contribution in [-0.2, 0) is 4.79 Å². The molecule has 1 heterocycles. The van der Waals surface area contributed by atoms with Crippen molar-refractivity contribution < 1.29 is 22.7 Å². The minimum absolute atomic E-state index is 0.00531. The maximum Gasteiger partial charge on any atom is 0.573 e. The number of piperidine rings is 1. The quantitative estimate of drug-likeness (QED) is 0.816. The first-order valence-electron chi connectivity index (χ1n) is 5.62. The number of hydrogen-bond donors (Lipinski definition) is 0. The summed E-state index contributed by atoms with van der Waals surface area (Å²) < 4.78 is 39.7. The lowest BCUT2D eigenvalue weighted by atomic mass is 10.1. The third-order valence-corrected chi connectivity index (χ3v) is 2.71. The molecule has 1 aromatic rings. The van der Waals surface area contributed by atoms with Crippen LogP contribution < -0.4 is 9.64 Å². The van der Waals surface area contributed by atoms with E-state index in [0.29, 0.717) is 18.7 Å². The van der Waals surface area contributed by atoms with Crippen LogP contribution in [0.4, 0.5) is 18.9 Å². The molecule has 98 valence electrons. The van der Waals surface area contributed by atoms with Crippen LogP contribution in [0.2, 0.25) is 0 Å². The van der Waals surface area contributed by atoms with Crippen molar-refractivity contribution in [1.29, 1.82) is 0 Å². The van der Waals surface area contributed by atoms with Gasteiger partial charge in [-0.25, -0.2) is 0 Å². The summed E-state index contributed by atoms with van der Waals surface area (Å²) in [5.41, 5.74) is 0.606. The SMILES string of the molecule is O=C1CCCCN1c1ccc(OC(F)(F)F)cc1. The molecule has 0 saturated carbocycles. The lowest BCUT2D eigenvalue weighted by Crippen LogP contribution is -2.35. The summed E-state index contributed by atoms with van der Waals surface area (Å²) in [6, 6.07) is 5.35. The molecule has 0 radical (unpaired) electrons. The molecule has 0 atom stereocenters. The number of rotatable bonds is 2. The first-order valence-corrected chi connectivity index (χ1v) is 5.62. The molecule has 1 fully saturated rings.